The highest BCUT2D eigenvalue weighted by atomic mass is 19.4. The minimum Gasteiger partial charge on any atom is -0.299 e. The number of rotatable bonds is 9. The van der Waals surface area contributed by atoms with Crippen molar-refractivity contribution in [2.24, 2.45) is 5.92 Å². The Hall–Kier alpha value is -1.81. The lowest BCUT2D eigenvalue weighted by atomic mass is 9.88. The Morgan fingerprint density at radius 2 is 1.62 bits per heavy atom. The van der Waals surface area contributed by atoms with Crippen molar-refractivity contribution in [1.82, 2.24) is 4.90 Å². The molecule has 2 atom stereocenters. The van der Waals surface area contributed by atoms with Gasteiger partial charge in [0, 0.05) is 6.54 Å². The van der Waals surface area contributed by atoms with Crippen LogP contribution < -0.4 is 0 Å². The topological polar surface area (TPSA) is 3.24 Å². The average Bonchev–Trinajstić information content (AvgIpc) is 3.20. The van der Waals surface area contributed by atoms with Crippen LogP contribution in [0.5, 0.6) is 0 Å². The summed E-state index contributed by atoms with van der Waals surface area (Å²) in [4.78, 5) is 2.48. The van der Waals surface area contributed by atoms with Gasteiger partial charge in [0.1, 0.15) is 0 Å². The van der Waals surface area contributed by atoms with E-state index in [9.17, 15) is 13.2 Å². The Kier molecular flexibility index (Phi) is 7.77. The van der Waals surface area contributed by atoms with Crippen LogP contribution >= 0.6 is 0 Å². The Morgan fingerprint density at radius 1 is 0.897 bits per heavy atom. The lowest BCUT2D eigenvalue weighted by Crippen LogP contribution is -2.25. The SMILES string of the molecule is CCCN(CCCc1ccc(C2CCCC2C(F)(F)F)cc1)Cc1ccccc1. The van der Waals surface area contributed by atoms with Crippen molar-refractivity contribution in [2.45, 2.75) is 64.1 Å². The summed E-state index contributed by atoms with van der Waals surface area (Å²) in [7, 11) is 0. The van der Waals surface area contributed by atoms with Gasteiger partial charge in [-0.1, -0.05) is 67.9 Å². The van der Waals surface area contributed by atoms with E-state index in [-0.39, 0.29) is 12.3 Å². The third kappa shape index (κ3) is 6.33. The number of benzene rings is 2. The molecule has 1 aliphatic rings. The van der Waals surface area contributed by atoms with Crippen molar-refractivity contribution in [1.29, 1.82) is 0 Å². The maximum atomic E-state index is 13.2. The van der Waals surface area contributed by atoms with Crippen LogP contribution in [-0.4, -0.2) is 24.2 Å². The summed E-state index contributed by atoms with van der Waals surface area (Å²) in [6.07, 6.45) is 0.652. The van der Waals surface area contributed by atoms with Crippen molar-refractivity contribution in [2.75, 3.05) is 13.1 Å². The summed E-state index contributed by atoms with van der Waals surface area (Å²) >= 11 is 0. The van der Waals surface area contributed by atoms with Gasteiger partial charge in [0.25, 0.3) is 0 Å². The van der Waals surface area contributed by atoms with E-state index in [0.717, 1.165) is 44.5 Å². The quantitative estimate of drug-likeness (QED) is 0.437. The molecule has 2 unspecified atom stereocenters. The summed E-state index contributed by atoms with van der Waals surface area (Å²) in [5.41, 5.74) is 3.40. The fourth-order valence-electron chi connectivity index (χ4n) is 4.62. The number of nitrogens with zero attached hydrogens (tertiary/aromatic N) is 1. The molecule has 4 heteroatoms. The molecule has 1 saturated carbocycles. The van der Waals surface area contributed by atoms with E-state index in [0.29, 0.717) is 12.8 Å². The maximum absolute atomic E-state index is 13.2. The van der Waals surface area contributed by atoms with Gasteiger partial charge in [0.2, 0.25) is 0 Å². The lowest BCUT2D eigenvalue weighted by Gasteiger charge is -2.23. The number of halogens is 3. The van der Waals surface area contributed by atoms with Gasteiger partial charge < -0.3 is 0 Å². The Labute approximate surface area is 172 Å². The van der Waals surface area contributed by atoms with Crippen LogP contribution in [0.25, 0.3) is 0 Å². The summed E-state index contributed by atoms with van der Waals surface area (Å²) in [5.74, 6) is -1.54. The van der Waals surface area contributed by atoms with Gasteiger partial charge in [-0.05, 0) is 67.8 Å². The van der Waals surface area contributed by atoms with Gasteiger partial charge in [-0.3, -0.25) is 4.90 Å². The highest BCUT2D eigenvalue weighted by Gasteiger charge is 2.47. The third-order valence-corrected chi connectivity index (χ3v) is 6.07. The van der Waals surface area contributed by atoms with Gasteiger partial charge in [-0.25, -0.2) is 0 Å². The number of hydrogen-bond acceptors (Lipinski definition) is 1. The molecular weight excluding hydrogens is 371 g/mol. The van der Waals surface area contributed by atoms with E-state index in [4.69, 9.17) is 0 Å². The molecule has 1 aliphatic carbocycles. The van der Waals surface area contributed by atoms with E-state index in [1.807, 2.05) is 30.3 Å². The third-order valence-electron chi connectivity index (χ3n) is 6.07. The van der Waals surface area contributed by atoms with Crippen LogP contribution in [-0.2, 0) is 13.0 Å². The largest absolute Gasteiger partial charge is 0.392 e. The Balaban J connectivity index is 1.51. The zero-order valence-corrected chi connectivity index (χ0v) is 17.3. The summed E-state index contributed by atoms with van der Waals surface area (Å²) in [6.45, 7) is 5.28. The molecule has 0 aliphatic heterocycles. The first-order chi connectivity index (χ1) is 14.0. The molecule has 0 N–H and O–H groups in total. The van der Waals surface area contributed by atoms with Gasteiger partial charge in [-0.2, -0.15) is 13.2 Å². The van der Waals surface area contributed by atoms with Crippen molar-refractivity contribution in [3.05, 3.63) is 71.3 Å². The average molecular weight is 404 g/mol. The number of alkyl halides is 3. The van der Waals surface area contributed by atoms with Crippen LogP contribution in [0, 0.1) is 5.92 Å². The molecule has 0 radical (unpaired) electrons. The monoisotopic (exact) mass is 403 g/mol. The summed E-state index contributed by atoms with van der Waals surface area (Å²) in [6, 6.07) is 18.4. The zero-order chi connectivity index (χ0) is 20.7. The minimum absolute atomic E-state index is 0.268. The van der Waals surface area contributed by atoms with Gasteiger partial charge in [0.05, 0.1) is 5.92 Å². The molecule has 0 bridgehead atoms. The van der Waals surface area contributed by atoms with Crippen LogP contribution in [0.1, 0.15) is 61.6 Å². The second-order valence-corrected chi connectivity index (χ2v) is 8.29. The first kappa shape index (κ1) is 21.9. The second-order valence-electron chi connectivity index (χ2n) is 8.29. The van der Waals surface area contributed by atoms with Crippen LogP contribution in [0.2, 0.25) is 0 Å². The molecule has 3 rings (SSSR count). The molecule has 0 spiro atoms. The fourth-order valence-corrected chi connectivity index (χ4v) is 4.62. The first-order valence-corrected chi connectivity index (χ1v) is 10.9. The molecule has 0 heterocycles. The zero-order valence-electron chi connectivity index (χ0n) is 17.3. The van der Waals surface area contributed by atoms with Gasteiger partial charge >= 0.3 is 6.18 Å². The molecular formula is C25H32F3N. The Bertz CT molecular complexity index is 724. The van der Waals surface area contributed by atoms with Gasteiger partial charge in [0.15, 0.2) is 0 Å². The highest BCUT2D eigenvalue weighted by Crippen LogP contribution is 2.48. The first-order valence-electron chi connectivity index (χ1n) is 10.9. The molecule has 158 valence electrons. The highest BCUT2D eigenvalue weighted by molar-refractivity contribution is 5.27. The molecule has 0 aromatic heterocycles. The molecule has 1 fully saturated rings. The Morgan fingerprint density at radius 3 is 2.28 bits per heavy atom. The van der Waals surface area contributed by atoms with E-state index in [1.165, 1.54) is 11.1 Å². The smallest absolute Gasteiger partial charge is 0.299 e. The van der Waals surface area contributed by atoms with E-state index >= 15 is 0 Å². The minimum atomic E-state index is -4.08. The van der Waals surface area contributed by atoms with E-state index < -0.39 is 12.1 Å². The number of hydrogen-bond donors (Lipinski definition) is 0. The maximum Gasteiger partial charge on any atom is 0.392 e. The van der Waals surface area contributed by atoms with E-state index in [1.54, 1.807) is 0 Å². The summed E-state index contributed by atoms with van der Waals surface area (Å²) in [5, 5.41) is 0. The molecule has 0 amide bonds. The standard InChI is InChI=1S/C25H32F3N/c1-2-17-29(19-21-8-4-3-5-9-21)18-7-10-20-13-15-22(16-14-20)23-11-6-12-24(23)25(26,27)28/h3-5,8-9,13-16,23-24H,2,6-7,10-12,17-19H2,1H3. The van der Waals surface area contributed by atoms with Crippen molar-refractivity contribution >= 4 is 0 Å². The molecule has 0 saturated heterocycles. The molecule has 29 heavy (non-hydrogen) atoms. The van der Waals surface area contributed by atoms with Crippen LogP contribution in [0.15, 0.2) is 54.6 Å². The van der Waals surface area contributed by atoms with E-state index in [2.05, 4.69) is 36.1 Å². The van der Waals surface area contributed by atoms with Gasteiger partial charge in [-0.15, -0.1) is 0 Å². The number of aryl methyl sites for hydroxylation is 1. The lowest BCUT2D eigenvalue weighted by molar-refractivity contribution is -0.176. The predicted octanol–water partition coefficient (Wildman–Crippen LogP) is 6.98. The molecule has 2 aromatic rings. The fraction of sp³-hybridized carbons (Fsp3) is 0.520. The normalized spacial score (nSPS) is 19.8. The predicted molar refractivity (Wildman–Crippen MR) is 113 cm³/mol. The van der Waals surface area contributed by atoms with Crippen LogP contribution in [0.4, 0.5) is 13.2 Å². The van der Waals surface area contributed by atoms with Crippen molar-refractivity contribution in [3.8, 4) is 0 Å². The molecule has 1 nitrogen and oxygen atoms in total. The second kappa shape index (κ2) is 10.3. The molecule has 2 aromatic carbocycles. The van der Waals surface area contributed by atoms with Crippen molar-refractivity contribution in [3.63, 3.8) is 0 Å². The van der Waals surface area contributed by atoms with Crippen LogP contribution in [0.3, 0.4) is 0 Å². The summed E-state index contributed by atoms with van der Waals surface area (Å²) < 4.78 is 39.7. The van der Waals surface area contributed by atoms with Crippen molar-refractivity contribution < 1.29 is 13.2 Å².